The fourth-order valence-electron chi connectivity index (χ4n) is 1.53. The van der Waals surface area contributed by atoms with Crippen LogP contribution in [0.25, 0.3) is 0 Å². The lowest BCUT2D eigenvalue weighted by molar-refractivity contribution is -0.149. The van der Waals surface area contributed by atoms with E-state index in [1.807, 2.05) is 6.92 Å². The quantitative estimate of drug-likeness (QED) is 0.727. The second-order valence-electron chi connectivity index (χ2n) is 4.13. The highest BCUT2D eigenvalue weighted by Crippen LogP contribution is 2.11. The first kappa shape index (κ1) is 18.6. The van der Waals surface area contributed by atoms with E-state index in [2.05, 4.69) is 0 Å². The Labute approximate surface area is 109 Å². The first-order valence-electron chi connectivity index (χ1n) is 5.55. The number of hydrogen-bond acceptors (Lipinski definition) is 4. The zero-order valence-corrected chi connectivity index (χ0v) is 11.8. The number of hydrogen-bond donors (Lipinski definition) is 1. The Morgan fingerprint density at radius 3 is 2.29 bits per heavy atom. The average Bonchev–Trinajstić information content (AvgIpc) is 2.16. The van der Waals surface area contributed by atoms with Crippen LogP contribution in [0.1, 0.15) is 33.6 Å². The monoisotopic (exact) mass is 266 g/mol. The molecule has 0 aromatic rings. The van der Waals surface area contributed by atoms with Crippen molar-refractivity contribution in [3.05, 3.63) is 0 Å². The van der Waals surface area contributed by atoms with Crippen LogP contribution in [-0.2, 0) is 14.3 Å². The van der Waals surface area contributed by atoms with Gasteiger partial charge in [0.05, 0.1) is 12.1 Å². The minimum absolute atomic E-state index is 0. The zero-order valence-electron chi connectivity index (χ0n) is 11.0. The van der Waals surface area contributed by atoms with Crippen LogP contribution in [0.4, 0.5) is 0 Å². The number of likely N-dealkylation sites (N-methyl/N-ethyl adjacent to an activating group) is 1. The molecule has 0 aliphatic carbocycles. The number of rotatable bonds is 6. The van der Waals surface area contributed by atoms with E-state index < -0.39 is 11.5 Å². The third kappa shape index (κ3) is 6.48. The van der Waals surface area contributed by atoms with Crippen molar-refractivity contribution < 1.29 is 14.3 Å². The van der Waals surface area contributed by atoms with E-state index in [4.69, 9.17) is 10.5 Å². The summed E-state index contributed by atoms with van der Waals surface area (Å²) in [6, 6.07) is 0. The van der Waals surface area contributed by atoms with Gasteiger partial charge in [-0.15, -0.1) is 12.4 Å². The van der Waals surface area contributed by atoms with Crippen molar-refractivity contribution in [1.82, 2.24) is 4.90 Å². The van der Waals surface area contributed by atoms with E-state index in [0.29, 0.717) is 13.0 Å². The highest BCUT2D eigenvalue weighted by atomic mass is 35.5. The van der Waals surface area contributed by atoms with Gasteiger partial charge in [0.15, 0.2) is 0 Å². The number of amides is 1. The Hall–Kier alpha value is -0.810. The first-order chi connectivity index (χ1) is 7.35. The topological polar surface area (TPSA) is 72.6 Å². The van der Waals surface area contributed by atoms with Crippen LogP contribution in [0.5, 0.6) is 0 Å². The van der Waals surface area contributed by atoms with Gasteiger partial charge in [-0.1, -0.05) is 13.3 Å². The molecular formula is C11H23ClN2O3. The molecular weight excluding hydrogens is 244 g/mol. The molecule has 17 heavy (non-hydrogen) atoms. The molecule has 6 heteroatoms. The first-order valence-corrected chi connectivity index (χ1v) is 5.55. The predicted octanol–water partition coefficient (Wildman–Crippen LogP) is 0.947. The van der Waals surface area contributed by atoms with Crippen LogP contribution in [0.15, 0.2) is 0 Å². The van der Waals surface area contributed by atoms with Crippen LogP contribution in [0.2, 0.25) is 0 Å². The second kappa shape index (κ2) is 8.31. The van der Waals surface area contributed by atoms with E-state index in [9.17, 15) is 9.59 Å². The lowest BCUT2D eigenvalue weighted by atomic mass is 9.96. The predicted molar refractivity (Wildman–Crippen MR) is 69.0 cm³/mol. The van der Waals surface area contributed by atoms with Crippen LogP contribution >= 0.6 is 12.4 Å². The standard InChI is InChI=1S/C11H22N2O3.ClH/c1-5-7-11(3,12)10(15)13(4)8-9(14)16-6-2;/h5-8,12H2,1-4H3;1H. The van der Waals surface area contributed by atoms with Gasteiger partial charge < -0.3 is 15.4 Å². The van der Waals surface area contributed by atoms with Crippen molar-refractivity contribution in [3.63, 3.8) is 0 Å². The highest BCUT2D eigenvalue weighted by Gasteiger charge is 2.30. The van der Waals surface area contributed by atoms with E-state index >= 15 is 0 Å². The molecule has 0 spiro atoms. The van der Waals surface area contributed by atoms with Crippen LogP contribution in [0, 0.1) is 0 Å². The SMILES string of the molecule is CCCC(C)(N)C(=O)N(C)CC(=O)OCC.Cl. The number of carbonyl (C=O) groups excluding carboxylic acids is 2. The fraction of sp³-hybridized carbons (Fsp3) is 0.818. The van der Waals surface area contributed by atoms with Crippen molar-refractivity contribution in [2.24, 2.45) is 5.73 Å². The summed E-state index contributed by atoms with van der Waals surface area (Å²) in [5.74, 6) is -0.645. The third-order valence-corrected chi connectivity index (χ3v) is 2.28. The molecule has 0 fully saturated rings. The van der Waals surface area contributed by atoms with Gasteiger partial charge in [0.25, 0.3) is 0 Å². The van der Waals surface area contributed by atoms with Gasteiger partial charge >= 0.3 is 5.97 Å². The van der Waals surface area contributed by atoms with Gasteiger partial charge in [0, 0.05) is 7.05 Å². The van der Waals surface area contributed by atoms with Crippen LogP contribution in [0.3, 0.4) is 0 Å². The van der Waals surface area contributed by atoms with Gasteiger partial charge in [-0.05, 0) is 20.3 Å². The van der Waals surface area contributed by atoms with E-state index in [1.165, 1.54) is 4.90 Å². The van der Waals surface area contributed by atoms with Gasteiger partial charge in [0.1, 0.15) is 6.54 Å². The maximum atomic E-state index is 11.9. The molecule has 2 N–H and O–H groups in total. The lowest BCUT2D eigenvalue weighted by Gasteiger charge is -2.28. The largest absolute Gasteiger partial charge is 0.465 e. The van der Waals surface area contributed by atoms with Crippen molar-refractivity contribution in [2.75, 3.05) is 20.2 Å². The average molecular weight is 267 g/mol. The number of ether oxygens (including phenoxy) is 1. The van der Waals surface area contributed by atoms with E-state index in [1.54, 1.807) is 20.9 Å². The minimum Gasteiger partial charge on any atom is -0.465 e. The third-order valence-electron chi connectivity index (χ3n) is 2.28. The molecule has 5 nitrogen and oxygen atoms in total. The molecule has 0 aromatic heterocycles. The summed E-state index contributed by atoms with van der Waals surface area (Å²) in [5.41, 5.74) is 4.97. The number of nitrogens with two attached hydrogens (primary N) is 1. The summed E-state index contributed by atoms with van der Waals surface area (Å²) >= 11 is 0. The fourth-order valence-corrected chi connectivity index (χ4v) is 1.53. The molecule has 0 aromatic carbocycles. The molecule has 0 radical (unpaired) electrons. The number of halogens is 1. The summed E-state index contributed by atoms with van der Waals surface area (Å²) in [5, 5.41) is 0. The summed E-state index contributed by atoms with van der Waals surface area (Å²) in [6.07, 6.45) is 1.42. The van der Waals surface area contributed by atoms with Gasteiger partial charge in [-0.3, -0.25) is 9.59 Å². The number of nitrogens with zero attached hydrogens (tertiary/aromatic N) is 1. The molecule has 0 aliphatic rings. The zero-order chi connectivity index (χ0) is 12.8. The molecule has 1 unspecified atom stereocenters. The Morgan fingerprint density at radius 2 is 1.88 bits per heavy atom. The van der Waals surface area contributed by atoms with Gasteiger partial charge in [0.2, 0.25) is 5.91 Å². The smallest absolute Gasteiger partial charge is 0.325 e. The lowest BCUT2D eigenvalue weighted by Crippen LogP contribution is -2.53. The number of carbonyl (C=O) groups is 2. The molecule has 1 atom stereocenters. The molecule has 0 saturated heterocycles. The van der Waals surface area contributed by atoms with Crippen molar-refractivity contribution in [2.45, 2.75) is 39.2 Å². The van der Waals surface area contributed by atoms with Gasteiger partial charge in [-0.2, -0.15) is 0 Å². The highest BCUT2D eigenvalue weighted by molar-refractivity contribution is 5.88. The van der Waals surface area contributed by atoms with Crippen molar-refractivity contribution in [3.8, 4) is 0 Å². The summed E-state index contributed by atoms with van der Waals surface area (Å²) < 4.78 is 4.76. The molecule has 1 amide bonds. The molecule has 0 saturated carbocycles. The normalized spacial score (nSPS) is 13.2. The molecule has 102 valence electrons. The Kier molecular flexibility index (Phi) is 9.06. The molecule has 0 heterocycles. The van der Waals surface area contributed by atoms with Crippen LogP contribution in [-0.4, -0.2) is 42.5 Å². The van der Waals surface area contributed by atoms with Crippen molar-refractivity contribution in [1.29, 1.82) is 0 Å². The second-order valence-corrected chi connectivity index (χ2v) is 4.13. The summed E-state index contributed by atoms with van der Waals surface area (Å²) in [6.45, 7) is 5.63. The van der Waals surface area contributed by atoms with Crippen LogP contribution < -0.4 is 5.73 Å². The maximum absolute atomic E-state index is 11.9. The van der Waals surface area contributed by atoms with E-state index in [-0.39, 0.29) is 24.9 Å². The van der Waals surface area contributed by atoms with E-state index in [0.717, 1.165) is 6.42 Å². The molecule has 0 aliphatic heterocycles. The Bertz CT molecular complexity index is 257. The Balaban J connectivity index is 0. The summed E-state index contributed by atoms with van der Waals surface area (Å²) in [7, 11) is 1.56. The maximum Gasteiger partial charge on any atom is 0.325 e. The summed E-state index contributed by atoms with van der Waals surface area (Å²) in [4.78, 5) is 24.4. The molecule has 0 rings (SSSR count). The number of esters is 1. The minimum atomic E-state index is -0.907. The molecule has 0 bridgehead atoms. The van der Waals surface area contributed by atoms with Crippen molar-refractivity contribution >= 4 is 24.3 Å². The van der Waals surface area contributed by atoms with Gasteiger partial charge in [-0.25, -0.2) is 0 Å². The Morgan fingerprint density at radius 1 is 1.35 bits per heavy atom.